The fraction of sp³-hybridized carbons (Fsp3) is 0.286. The van der Waals surface area contributed by atoms with Crippen LogP contribution in [-0.4, -0.2) is 37.5 Å². The third kappa shape index (κ3) is 2.37. The minimum atomic E-state index is -1.11. The van der Waals surface area contributed by atoms with Gasteiger partial charge in [0.25, 0.3) is 5.91 Å². The Bertz CT molecular complexity index is 677. The van der Waals surface area contributed by atoms with Crippen LogP contribution in [0.5, 0.6) is 0 Å². The lowest BCUT2D eigenvalue weighted by atomic mass is 9.76. The number of benzene rings is 1. The van der Waals surface area contributed by atoms with Gasteiger partial charge in [0, 0.05) is 5.56 Å². The van der Waals surface area contributed by atoms with Gasteiger partial charge in [-0.3, -0.25) is 4.79 Å². The smallest absolute Gasteiger partial charge is 0.329 e. The van der Waals surface area contributed by atoms with Gasteiger partial charge < -0.3 is 10.4 Å². The maximum Gasteiger partial charge on any atom is 0.329 e. The fourth-order valence-corrected chi connectivity index (χ4v) is 2.35. The Kier molecular flexibility index (Phi) is 3.17. The summed E-state index contributed by atoms with van der Waals surface area (Å²) >= 11 is 0. The molecule has 0 saturated heterocycles. The van der Waals surface area contributed by atoms with Crippen LogP contribution in [0.15, 0.2) is 36.7 Å². The van der Waals surface area contributed by atoms with Gasteiger partial charge in [-0.25, -0.2) is 9.48 Å². The quantitative estimate of drug-likeness (QED) is 0.874. The van der Waals surface area contributed by atoms with E-state index in [1.165, 1.54) is 4.68 Å². The summed E-state index contributed by atoms with van der Waals surface area (Å²) in [4.78, 5) is 23.5. The van der Waals surface area contributed by atoms with Crippen LogP contribution < -0.4 is 5.32 Å². The van der Waals surface area contributed by atoms with E-state index >= 15 is 0 Å². The van der Waals surface area contributed by atoms with Crippen LogP contribution in [0.1, 0.15) is 29.6 Å². The maximum absolute atomic E-state index is 12.3. The molecule has 2 N–H and O–H groups in total. The fourth-order valence-electron chi connectivity index (χ4n) is 2.35. The first kappa shape index (κ1) is 13.3. The van der Waals surface area contributed by atoms with Gasteiger partial charge in [-0.05, 0) is 37.5 Å². The number of hydrogen-bond donors (Lipinski definition) is 2. The number of nitrogens with one attached hydrogen (secondary N) is 1. The molecule has 1 saturated carbocycles. The number of rotatable bonds is 4. The molecule has 0 atom stereocenters. The second kappa shape index (κ2) is 5.01. The molecule has 1 aromatic heterocycles. The Hall–Kier alpha value is -2.70. The average molecular weight is 286 g/mol. The second-order valence-corrected chi connectivity index (χ2v) is 5.09. The third-order valence-electron chi connectivity index (χ3n) is 3.76. The first-order valence-electron chi connectivity index (χ1n) is 6.63. The Morgan fingerprint density at radius 1 is 1.33 bits per heavy atom. The Labute approximate surface area is 120 Å². The highest BCUT2D eigenvalue weighted by Crippen LogP contribution is 2.32. The zero-order valence-corrected chi connectivity index (χ0v) is 11.2. The number of carbonyl (C=O) groups excluding carboxylic acids is 1. The van der Waals surface area contributed by atoms with Crippen molar-refractivity contribution >= 4 is 11.9 Å². The topological polar surface area (TPSA) is 97.1 Å². The highest BCUT2D eigenvalue weighted by molar-refractivity contribution is 5.98. The summed E-state index contributed by atoms with van der Waals surface area (Å²) in [5.41, 5.74) is -0.0194. The number of amides is 1. The van der Waals surface area contributed by atoms with E-state index in [0.717, 1.165) is 6.42 Å². The molecule has 1 aliphatic rings. The number of carboxylic acids is 1. The molecule has 1 fully saturated rings. The van der Waals surface area contributed by atoms with Gasteiger partial charge in [-0.1, -0.05) is 11.3 Å². The highest BCUT2D eigenvalue weighted by atomic mass is 16.4. The lowest BCUT2D eigenvalue weighted by Crippen LogP contribution is -2.59. The van der Waals surface area contributed by atoms with Crippen molar-refractivity contribution in [1.82, 2.24) is 20.3 Å². The predicted octanol–water partition coefficient (Wildman–Crippen LogP) is 1.00. The lowest BCUT2D eigenvalue weighted by molar-refractivity contribution is -0.148. The molecule has 3 rings (SSSR count). The minimum Gasteiger partial charge on any atom is -0.480 e. The number of nitrogens with zero attached hydrogens (tertiary/aromatic N) is 3. The van der Waals surface area contributed by atoms with Crippen molar-refractivity contribution in [1.29, 1.82) is 0 Å². The van der Waals surface area contributed by atoms with E-state index in [0.29, 0.717) is 24.1 Å². The number of carbonyl (C=O) groups is 2. The molecule has 1 aliphatic carbocycles. The largest absolute Gasteiger partial charge is 0.480 e. The molecule has 2 aromatic rings. The molecule has 7 nitrogen and oxygen atoms in total. The Balaban J connectivity index is 1.82. The molecule has 0 unspecified atom stereocenters. The Morgan fingerprint density at radius 3 is 2.71 bits per heavy atom. The minimum absolute atomic E-state index is 0.390. The van der Waals surface area contributed by atoms with Gasteiger partial charge in [0.1, 0.15) is 5.54 Å². The van der Waals surface area contributed by atoms with E-state index in [2.05, 4.69) is 15.6 Å². The lowest BCUT2D eigenvalue weighted by Gasteiger charge is -2.38. The zero-order chi connectivity index (χ0) is 14.9. The van der Waals surface area contributed by atoms with Crippen LogP contribution >= 0.6 is 0 Å². The molecule has 108 valence electrons. The summed E-state index contributed by atoms with van der Waals surface area (Å²) in [7, 11) is 0. The highest BCUT2D eigenvalue weighted by Gasteiger charge is 2.45. The van der Waals surface area contributed by atoms with Gasteiger partial charge in [-0.15, -0.1) is 5.10 Å². The Morgan fingerprint density at radius 2 is 2.14 bits per heavy atom. The van der Waals surface area contributed by atoms with Crippen molar-refractivity contribution in [3.8, 4) is 5.69 Å². The number of hydrogen-bond acceptors (Lipinski definition) is 4. The molecule has 7 heteroatoms. The van der Waals surface area contributed by atoms with Crippen LogP contribution in [0, 0.1) is 0 Å². The molecule has 1 heterocycles. The van der Waals surface area contributed by atoms with Crippen molar-refractivity contribution in [3.05, 3.63) is 42.2 Å². The number of aromatic nitrogens is 3. The van der Waals surface area contributed by atoms with Crippen LogP contribution in [0.2, 0.25) is 0 Å². The zero-order valence-electron chi connectivity index (χ0n) is 11.2. The van der Waals surface area contributed by atoms with E-state index in [1.807, 2.05) is 0 Å². The summed E-state index contributed by atoms with van der Waals surface area (Å²) in [5, 5.41) is 19.5. The monoisotopic (exact) mass is 286 g/mol. The van der Waals surface area contributed by atoms with Crippen LogP contribution in [0.25, 0.3) is 5.69 Å². The second-order valence-electron chi connectivity index (χ2n) is 5.09. The first-order valence-corrected chi connectivity index (χ1v) is 6.63. The van der Waals surface area contributed by atoms with E-state index < -0.39 is 11.5 Å². The van der Waals surface area contributed by atoms with E-state index in [1.54, 1.807) is 36.7 Å². The molecule has 0 aliphatic heterocycles. The van der Waals surface area contributed by atoms with E-state index in [4.69, 9.17) is 0 Å². The van der Waals surface area contributed by atoms with Crippen molar-refractivity contribution in [2.75, 3.05) is 0 Å². The molecule has 1 aromatic carbocycles. The molecule has 21 heavy (non-hydrogen) atoms. The molecule has 0 bridgehead atoms. The molecular weight excluding hydrogens is 272 g/mol. The van der Waals surface area contributed by atoms with Crippen molar-refractivity contribution < 1.29 is 14.7 Å². The number of aliphatic carboxylic acids is 1. The SMILES string of the molecule is O=C(NC1(C(=O)O)CCC1)c1cccc(-n2ccnn2)c1. The number of carboxylic acid groups (broad SMARTS) is 1. The van der Waals surface area contributed by atoms with E-state index in [9.17, 15) is 14.7 Å². The molecular formula is C14H14N4O3. The molecule has 0 spiro atoms. The van der Waals surface area contributed by atoms with Gasteiger partial charge in [0.2, 0.25) is 0 Å². The maximum atomic E-state index is 12.3. The summed E-state index contributed by atoms with van der Waals surface area (Å²) in [5.74, 6) is -1.37. The van der Waals surface area contributed by atoms with E-state index in [-0.39, 0.29) is 5.91 Å². The first-order chi connectivity index (χ1) is 10.1. The van der Waals surface area contributed by atoms with Crippen molar-refractivity contribution in [2.24, 2.45) is 0 Å². The van der Waals surface area contributed by atoms with Gasteiger partial charge in [0.15, 0.2) is 0 Å². The van der Waals surface area contributed by atoms with Gasteiger partial charge in [-0.2, -0.15) is 0 Å². The predicted molar refractivity (Wildman–Crippen MR) is 73.0 cm³/mol. The molecule has 1 amide bonds. The average Bonchev–Trinajstić information content (AvgIpc) is 2.96. The summed E-state index contributed by atoms with van der Waals surface area (Å²) in [6.45, 7) is 0. The summed E-state index contributed by atoms with van der Waals surface area (Å²) in [6.07, 6.45) is 4.96. The van der Waals surface area contributed by atoms with Gasteiger partial charge in [0.05, 0.1) is 18.1 Å². The van der Waals surface area contributed by atoms with Crippen molar-refractivity contribution in [3.63, 3.8) is 0 Å². The molecule has 0 radical (unpaired) electrons. The van der Waals surface area contributed by atoms with Crippen LogP contribution in [0.3, 0.4) is 0 Å². The standard InChI is InChI=1S/C14H14N4O3/c19-12(16-14(13(20)21)5-2-6-14)10-3-1-4-11(9-10)18-8-7-15-17-18/h1,3-4,7-9H,2,5-6H2,(H,16,19)(H,20,21). The normalized spacial score (nSPS) is 16.0. The summed E-state index contributed by atoms with van der Waals surface area (Å²) < 4.78 is 1.53. The van der Waals surface area contributed by atoms with Crippen molar-refractivity contribution in [2.45, 2.75) is 24.8 Å². The van der Waals surface area contributed by atoms with Crippen LogP contribution in [-0.2, 0) is 4.79 Å². The third-order valence-corrected chi connectivity index (χ3v) is 3.76. The van der Waals surface area contributed by atoms with Gasteiger partial charge >= 0.3 is 5.97 Å². The summed E-state index contributed by atoms with van der Waals surface area (Å²) in [6, 6.07) is 6.81. The van der Waals surface area contributed by atoms with Crippen LogP contribution in [0.4, 0.5) is 0 Å².